The van der Waals surface area contributed by atoms with Gasteiger partial charge in [-0.2, -0.15) is 0 Å². The Hall–Kier alpha value is -0.447. The first kappa shape index (κ1) is 22.7. The molecule has 0 fully saturated rings. The summed E-state index contributed by atoms with van der Waals surface area (Å²) in [6.07, 6.45) is -4.67. The molecule has 0 aromatic rings. The van der Waals surface area contributed by atoms with Gasteiger partial charge in [0.1, 0.15) is 0 Å². The van der Waals surface area contributed by atoms with Crippen LogP contribution in [0.1, 0.15) is 0 Å². The summed E-state index contributed by atoms with van der Waals surface area (Å²) in [6.45, 7) is 0. The first-order valence-electron chi connectivity index (χ1n) is 1.22. The molecule has 0 atom stereocenters. The quantitative estimate of drug-likeness (QED) is 0.416. The van der Waals surface area contributed by atoms with Crippen molar-refractivity contribution in [2.45, 2.75) is 0 Å². The average Bonchev–Trinajstić information content (AvgIpc) is 1.25. The molecule has 0 aliphatic heterocycles. The van der Waals surface area contributed by atoms with Crippen LogP contribution in [0.15, 0.2) is 0 Å². The maximum Gasteiger partial charge on any atom is 2.00 e. The molecule has 0 spiro atoms. The van der Waals surface area contributed by atoms with E-state index < -0.39 is 12.3 Å². The third-order valence-electron chi connectivity index (χ3n) is 0. The summed E-state index contributed by atoms with van der Waals surface area (Å²) < 4.78 is 0. The molecule has 0 saturated carbocycles. The Balaban J connectivity index is -0.0000000300. The standard InChI is InChI=1S/2CH2O3.2Co/c2*2-1(3)4;;/h2*(H2,2,3,4);;/q;;2*+2/p-4. The molecular weight excluding hydrogens is 238 g/mol. The van der Waals surface area contributed by atoms with E-state index >= 15 is 0 Å². The molecule has 2 radical (unpaired) electrons. The Morgan fingerprint density at radius 1 is 0.700 bits per heavy atom. The summed E-state index contributed by atoms with van der Waals surface area (Å²) in [7, 11) is 0. The first-order chi connectivity index (χ1) is 3.46. The van der Waals surface area contributed by atoms with Crippen LogP contribution in [-0.2, 0) is 33.6 Å². The van der Waals surface area contributed by atoms with Crippen LogP contribution in [-0.4, -0.2) is 12.3 Å². The van der Waals surface area contributed by atoms with Crippen LogP contribution >= 0.6 is 0 Å². The van der Waals surface area contributed by atoms with Gasteiger partial charge in [-0.25, -0.2) is 0 Å². The normalized spacial score (nSPS) is 4.80. The van der Waals surface area contributed by atoms with E-state index in [0.29, 0.717) is 0 Å². The van der Waals surface area contributed by atoms with Crippen molar-refractivity contribution in [3.8, 4) is 0 Å². The van der Waals surface area contributed by atoms with Crippen LogP contribution < -0.4 is 20.4 Å². The van der Waals surface area contributed by atoms with Crippen LogP contribution in [0.2, 0.25) is 0 Å². The van der Waals surface area contributed by atoms with E-state index in [4.69, 9.17) is 30.0 Å². The van der Waals surface area contributed by atoms with Gasteiger partial charge in [-0.15, -0.1) is 0 Å². The largest absolute Gasteiger partial charge is 2.00 e. The van der Waals surface area contributed by atoms with E-state index in [1.165, 1.54) is 0 Å². The third kappa shape index (κ3) is 1620. The number of hydrogen-bond acceptors (Lipinski definition) is 6. The Kier molecular flexibility index (Phi) is 35.9. The maximum absolute atomic E-state index is 8.33. The van der Waals surface area contributed by atoms with Gasteiger partial charge in [0.2, 0.25) is 0 Å². The van der Waals surface area contributed by atoms with Crippen LogP contribution in [0.3, 0.4) is 0 Å². The average molecular weight is 238 g/mol. The van der Waals surface area contributed by atoms with Crippen LogP contribution in [0.4, 0.5) is 9.59 Å². The Morgan fingerprint density at radius 3 is 0.700 bits per heavy atom. The van der Waals surface area contributed by atoms with E-state index in [0.717, 1.165) is 0 Å². The SMILES string of the molecule is O=C([O-])[O-].O=C([O-])[O-].[Co+2].[Co+2]. The summed E-state index contributed by atoms with van der Waals surface area (Å²) in [6, 6.07) is 0. The van der Waals surface area contributed by atoms with Crippen molar-refractivity contribution in [1.29, 1.82) is 0 Å². The number of rotatable bonds is 0. The summed E-state index contributed by atoms with van der Waals surface area (Å²) in [5, 5.41) is 33.3. The van der Waals surface area contributed by atoms with Gasteiger partial charge in [0, 0.05) is 0 Å². The second kappa shape index (κ2) is 15.8. The van der Waals surface area contributed by atoms with Crippen molar-refractivity contribution in [1.82, 2.24) is 0 Å². The molecule has 0 N–H and O–H groups in total. The predicted molar refractivity (Wildman–Crippen MR) is 10.8 cm³/mol. The molecule has 8 heteroatoms. The monoisotopic (exact) mass is 238 g/mol. The van der Waals surface area contributed by atoms with Crippen molar-refractivity contribution in [3.63, 3.8) is 0 Å². The first-order valence-corrected chi connectivity index (χ1v) is 1.22. The van der Waals surface area contributed by atoms with Crippen molar-refractivity contribution < 1.29 is 63.6 Å². The number of carbonyl (C=O) groups is 2. The number of hydrogen-bond donors (Lipinski definition) is 0. The topological polar surface area (TPSA) is 126 Å². The minimum absolute atomic E-state index is 0. The molecule has 10 heavy (non-hydrogen) atoms. The van der Waals surface area contributed by atoms with Crippen molar-refractivity contribution in [3.05, 3.63) is 0 Å². The van der Waals surface area contributed by atoms with Gasteiger partial charge in [-0.3, -0.25) is 0 Å². The number of carbonyl (C=O) groups excluding carboxylic acids is 2. The van der Waals surface area contributed by atoms with Crippen molar-refractivity contribution in [2.24, 2.45) is 0 Å². The molecule has 0 amide bonds. The number of carboxylic acid groups (broad SMARTS) is 4. The molecule has 0 aromatic carbocycles. The molecule has 0 aromatic heterocycles. The molecular formula is C2Co2O6. The second-order valence-corrected chi connectivity index (χ2v) is 0.500. The fraction of sp³-hybridized carbons (Fsp3) is 0. The zero-order chi connectivity index (χ0) is 7.15. The van der Waals surface area contributed by atoms with E-state index in [1.54, 1.807) is 0 Å². The minimum Gasteiger partial charge on any atom is -0.652 e. The minimum atomic E-state index is -2.33. The molecule has 0 bridgehead atoms. The van der Waals surface area contributed by atoms with Crippen LogP contribution in [0.5, 0.6) is 0 Å². The summed E-state index contributed by atoms with van der Waals surface area (Å²) >= 11 is 0. The molecule has 0 saturated heterocycles. The second-order valence-electron chi connectivity index (χ2n) is 0.500. The zero-order valence-electron chi connectivity index (χ0n) is 4.12. The van der Waals surface area contributed by atoms with E-state index in [-0.39, 0.29) is 33.6 Å². The smallest absolute Gasteiger partial charge is 0.652 e. The van der Waals surface area contributed by atoms with Gasteiger partial charge in [-0.05, 0) is 12.3 Å². The van der Waals surface area contributed by atoms with Gasteiger partial charge in [0.25, 0.3) is 0 Å². The van der Waals surface area contributed by atoms with E-state index in [1.807, 2.05) is 0 Å². The summed E-state index contributed by atoms with van der Waals surface area (Å²) in [4.78, 5) is 16.7. The van der Waals surface area contributed by atoms with Gasteiger partial charge in [-0.1, -0.05) is 0 Å². The van der Waals surface area contributed by atoms with Gasteiger partial charge in [0.15, 0.2) is 0 Å². The molecule has 0 rings (SSSR count). The third-order valence-corrected chi connectivity index (χ3v) is 0. The summed E-state index contributed by atoms with van der Waals surface area (Å²) in [5.41, 5.74) is 0. The molecule has 6 nitrogen and oxygen atoms in total. The Morgan fingerprint density at radius 2 is 0.700 bits per heavy atom. The Bertz CT molecular complexity index is 71.7. The molecule has 0 aliphatic carbocycles. The van der Waals surface area contributed by atoms with Crippen molar-refractivity contribution in [2.75, 3.05) is 0 Å². The van der Waals surface area contributed by atoms with Gasteiger partial charge in [0.05, 0.1) is 0 Å². The van der Waals surface area contributed by atoms with E-state index in [9.17, 15) is 0 Å². The summed E-state index contributed by atoms with van der Waals surface area (Å²) in [5.74, 6) is 0. The fourth-order valence-electron chi connectivity index (χ4n) is 0. The molecule has 0 aliphatic rings. The van der Waals surface area contributed by atoms with Crippen LogP contribution in [0, 0.1) is 0 Å². The Labute approximate surface area is 76.3 Å². The fourth-order valence-corrected chi connectivity index (χ4v) is 0. The molecule has 62 valence electrons. The van der Waals surface area contributed by atoms with Gasteiger partial charge >= 0.3 is 33.6 Å². The van der Waals surface area contributed by atoms with E-state index in [2.05, 4.69) is 0 Å². The zero-order valence-corrected chi connectivity index (χ0v) is 6.20. The van der Waals surface area contributed by atoms with Crippen molar-refractivity contribution >= 4 is 12.3 Å². The molecule has 0 heterocycles. The van der Waals surface area contributed by atoms with Gasteiger partial charge < -0.3 is 30.0 Å². The molecule has 0 unspecified atom stereocenters. The van der Waals surface area contributed by atoms with Crippen LogP contribution in [0.25, 0.3) is 0 Å². The maximum atomic E-state index is 8.33. The predicted octanol–water partition coefficient (Wildman–Crippen LogP) is -4.90.